The van der Waals surface area contributed by atoms with E-state index in [1.165, 1.54) is 5.56 Å². The van der Waals surface area contributed by atoms with E-state index in [9.17, 15) is 0 Å². The van der Waals surface area contributed by atoms with Crippen LogP contribution >= 0.6 is 0 Å². The Morgan fingerprint density at radius 3 is 2.18 bits per heavy atom. The van der Waals surface area contributed by atoms with E-state index in [4.69, 9.17) is 0 Å². The molecule has 0 aliphatic heterocycles. The molecule has 1 aromatic heterocycles. The number of aromatic nitrogens is 2. The Morgan fingerprint density at radius 1 is 0.818 bits per heavy atom. The largest absolute Gasteiger partial charge is 0.366 e. The zero-order valence-electron chi connectivity index (χ0n) is 12.5. The molecule has 0 spiro atoms. The normalized spacial score (nSPS) is 10.2. The lowest BCUT2D eigenvalue weighted by molar-refractivity contribution is 1.03. The van der Waals surface area contributed by atoms with Crippen LogP contribution in [0, 0.1) is 6.92 Å². The molecule has 3 aromatic rings. The van der Waals surface area contributed by atoms with E-state index in [1.54, 1.807) is 0 Å². The molecule has 0 saturated heterocycles. The fourth-order valence-electron chi connectivity index (χ4n) is 2.18. The summed E-state index contributed by atoms with van der Waals surface area (Å²) in [6.07, 6.45) is 0. The van der Waals surface area contributed by atoms with Gasteiger partial charge in [0.25, 0.3) is 0 Å². The van der Waals surface area contributed by atoms with Crippen LogP contribution in [0.25, 0.3) is 0 Å². The summed E-state index contributed by atoms with van der Waals surface area (Å²) in [5.74, 6) is 2.33. The Kier molecular flexibility index (Phi) is 4.30. The summed E-state index contributed by atoms with van der Waals surface area (Å²) in [5.41, 5.74) is 2.23. The van der Waals surface area contributed by atoms with Crippen molar-refractivity contribution < 1.29 is 0 Å². The SMILES string of the molecule is Cc1nc(NCc2ccccc2)cc(Nc2ccccc2)n1. The molecule has 0 bridgehead atoms. The monoisotopic (exact) mass is 290 g/mol. The third kappa shape index (κ3) is 3.82. The Bertz CT molecular complexity index is 727. The summed E-state index contributed by atoms with van der Waals surface area (Å²) in [6, 6.07) is 22.2. The quantitative estimate of drug-likeness (QED) is 0.741. The van der Waals surface area contributed by atoms with E-state index in [1.807, 2.05) is 61.5 Å². The molecule has 4 heteroatoms. The second kappa shape index (κ2) is 6.72. The van der Waals surface area contributed by atoms with Crippen LogP contribution in [-0.2, 0) is 6.54 Å². The number of nitrogens with zero attached hydrogens (tertiary/aromatic N) is 2. The number of hydrogen-bond donors (Lipinski definition) is 2. The van der Waals surface area contributed by atoms with Crippen LogP contribution in [0.3, 0.4) is 0 Å². The molecule has 0 fully saturated rings. The minimum Gasteiger partial charge on any atom is -0.366 e. The molecular weight excluding hydrogens is 272 g/mol. The third-order valence-electron chi connectivity index (χ3n) is 3.20. The van der Waals surface area contributed by atoms with Gasteiger partial charge in [0.1, 0.15) is 17.5 Å². The lowest BCUT2D eigenvalue weighted by atomic mass is 10.2. The van der Waals surface area contributed by atoms with Gasteiger partial charge in [0.15, 0.2) is 0 Å². The first kappa shape index (κ1) is 14.1. The summed E-state index contributed by atoms with van der Waals surface area (Å²) >= 11 is 0. The van der Waals surface area contributed by atoms with Gasteiger partial charge in [-0.1, -0.05) is 48.5 Å². The number of para-hydroxylation sites is 1. The van der Waals surface area contributed by atoms with E-state index in [0.717, 1.165) is 29.7 Å². The first-order valence-electron chi connectivity index (χ1n) is 7.25. The molecular formula is C18H18N4. The molecule has 110 valence electrons. The lowest BCUT2D eigenvalue weighted by Gasteiger charge is -2.10. The molecule has 1 heterocycles. The van der Waals surface area contributed by atoms with Crippen molar-refractivity contribution >= 4 is 17.3 Å². The Labute approximate surface area is 130 Å². The molecule has 4 nitrogen and oxygen atoms in total. The van der Waals surface area contributed by atoms with Crippen molar-refractivity contribution in [3.05, 3.63) is 78.1 Å². The van der Waals surface area contributed by atoms with Gasteiger partial charge in [0, 0.05) is 18.3 Å². The summed E-state index contributed by atoms with van der Waals surface area (Å²) in [5, 5.41) is 6.63. The maximum atomic E-state index is 4.43. The van der Waals surface area contributed by atoms with E-state index >= 15 is 0 Å². The summed E-state index contributed by atoms with van der Waals surface area (Å²) in [7, 11) is 0. The van der Waals surface area contributed by atoms with E-state index in [2.05, 4.69) is 32.7 Å². The minimum atomic E-state index is 0.733. The van der Waals surface area contributed by atoms with Crippen LogP contribution in [0.1, 0.15) is 11.4 Å². The highest BCUT2D eigenvalue weighted by molar-refractivity contribution is 5.59. The molecule has 22 heavy (non-hydrogen) atoms. The average Bonchev–Trinajstić information content (AvgIpc) is 2.54. The van der Waals surface area contributed by atoms with E-state index < -0.39 is 0 Å². The van der Waals surface area contributed by atoms with Gasteiger partial charge in [-0.2, -0.15) is 0 Å². The van der Waals surface area contributed by atoms with Gasteiger partial charge in [-0.15, -0.1) is 0 Å². The van der Waals surface area contributed by atoms with Crippen molar-refractivity contribution in [1.82, 2.24) is 9.97 Å². The maximum absolute atomic E-state index is 4.43. The Balaban J connectivity index is 1.72. The van der Waals surface area contributed by atoms with Crippen LogP contribution in [0.5, 0.6) is 0 Å². The number of anilines is 3. The van der Waals surface area contributed by atoms with Crippen molar-refractivity contribution in [3.8, 4) is 0 Å². The van der Waals surface area contributed by atoms with E-state index in [0.29, 0.717) is 0 Å². The molecule has 0 atom stereocenters. The Morgan fingerprint density at radius 2 is 1.45 bits per heavy atom. The molecule has 0 aliphatic rings. The molecule has 0 aliphatic carbocycles. The van der Waals surface area contributed by atoms with E-state index in [-0.39, 0.29) is 0 Å². The number of nitrogens with one attached hydrogen (secondary N) is 2. The molecule has 0 amide bonds. The Hall–Kier alpha value is -2.88. The standard InChI is InChI=1S/C18H18N4/c1-14-20-17(19-13-15-8-4-2-5-9-15)12-18(21-14)22-16-10-6-3-7-11-16/h2-12H,13H2,1H3,(H2,19,20,21,22). The zero-order chi connectivity index (χ0) is 15.2. The van der Waals surface area contributed by atoms with Crippen molar-refractivity contribution in [2.75, 3.05) is 10.6 Å². The number of hydrogen-bond acceptors (Lipinski definition) is 4. The molecule has 0 saturated carbocycles. The fraction of sp³-hybridized carbons (Fsp3) is 0.111. The lowest BCUT2D eigenvalue weighted by Crippen LogP contribution is -2.05. The predicted octanol–water partition coefficient (Wildman–Crippen LogP) is 4.14. The molecule has 2 N–H and O–H groups in total. The van der Waals surface area contributed by atoms with Crippen molar-refractivity contribution in [1.29, 1.82) is 0 Å². The summed E-state index contributed by atoms with van der Waals surface area (Å²) < 4.78 is 0. The predicted molar refractivity (Wildman–Crippen MR) is 90.3 cm³/mol. The average molecular weight is 290 g/mol. The van der Waals surface area contributed by atoms with Crippen LogP contribution in [0.4, 0.5) is 17.3 Å². The van der Waals surface area contributed by atoms with Gasteiger partial charge in [-0.05, 0) is 24.6 Å². The topological polar surface area (TPSA) is 49.8 Å². The zero-order valence-corrected chi connectivity index (χ0v) is 12.5. The number of benzene rings is 2. The first-order chi connectivity index (χ1) is 10.8. The van der Waals surface area contributed by atoms with Crippen LogP contribution in [0.2, 0.25) is 0 Å². The first-order valence-corrected chi connectivity index (χ1v) is 7.25. The van der Waals surface area contributed by atoms with Crippen LogP contribution in [-0.4, -0.2) is 9.97 Å². The van der Waals surface area contributed by atoms with Gasteiger partial charge in [-0.25, -0.2) is 9.97 Å². The van der Waals surface area contributed by atoms with Gasteiger partial charge in [-0.3, -0.25) is 0 Å². The number of aryl methyl sites for hydroxylation is 1. The highest BCUT2D eigenvalue weighted by Gasteiger charge is 2.02. The minimum absolute atomic E-state index is 0.733. The van der Waals surface area contributed by atoms with Gasteiger partial charge >= 0.3 is 0 Å². The van der Waals surface area contributed by atoms with Gasteiger partial charge in [0.05, 0.1) is 0 Å². The molecule has 2 aromatic carbocycles. The van der Waals surface area contributed by atoms with Crippen molar-refractivity contribution in [2.24, 2.45) is 0 Å². The highest BCUT2D eigenvalue weighted by Crippen LogP contribution is 2.17. The number of rotatable bonds is 5. The van der Waals surface area contributed by atoms with Gasteiger partial charge in [0.2, 0.25) is 0 Å². The summed E-state index contributed by atoms with van der Waals surface area (Å²) in [6.45, 7) is 2.63. The van der Waals surface area contributed by atoms with Crippen molar-refractivity contribution in [2.45, 2.75) is 13.5 Å². The van der Waals surface area contributed by atoms with Crippen molar-refractivity contribution in [3.63, 3.8) is 0 Å². The van der Waals surface area contributed by atoms with Crippen LogP contribution < -0.4 is 10.6 Å². The highest BCUT2D eigenvalue weighted by atomic mass is 15.1. The molecule has 0 unspecified atom stereocenters. The maximum Gasteiger partial charge on any atom is 0.136 e. The second-order valence-electron chi connectivity index (χ2n) is 5.02. The fourth-order valence-corrected chi connectivity index (χ4v) is 2.18. The third-order valence-corrected chi connectivity index (χ3v) is 3.20. The smallest absolute Gasteiger partial charge is 0.136 e. The molecule has 3 rings (SSSR count). The summed E-state index contributed by atoms with van der Waals surface area (Å²) in [4.78, 5) is 8.85. The van der Waals surface area contributed by atoms with Gasteiger partial charge < -0.3 is 10.6 Å². The molecule has 0 radical (unpaired) electrons. The second-order valence-corrected chi connectivity index (χ2v) is 5.02. The van der Waals surface area contributed by atoms with Crippen LogP contribution in [0.15, 0.2) is 66.7 Å².